The molecule has 0 amide bonds. The zero-order chi connectivity index (χ0) is 9.59. The molecule has 0 aliphatic carbocycles. The van der Waals surface area contributed by atoms with Crippen LogP contribution >= 0.6 is 0 Å². The first-order chi connectivity index (χ1) is 6.09. The molecule has 0 bridgehead atoms. The monoisotopic (exact) mass is 183 g/mol. The van der Waals surface area contributed by atoms with Crippen molar-refractivity contribution in [2.75, 3.05) is 0 Å². The van der Waals surface area contributed by atoms with Gasteiger partial charge in [-0.25, -0.2) is 5.11 Å². The topological polar surface area (TPSA) is 68.0 Å². The van der Waals surface area contributed by atoms with Gasteiger partial charge in [-0.15, -0.1) is 0 Å². The summed E-state index contributed by atoms with van der Waals surface area (Å²) < 4.78 is 14.4. The Morgan fingerprint density at radius 1 is 1.54 bits per heavy atom. The Labute approximate surface area is 74.2 Å². The van der Waals surface area contributed by atoms with E-state index < -0.39 is 11.9 Å². The Morgan fingerprint density at radius 3 is 2.85 bits per heavy atom. The van der Waals surface area contributed by atoms with Crippen molar-refractivity contribution in [3.05, 3.63) is 23.2 Å². The van der Waals surface area contributed by atoms with Crippen LogP contribution in [0.4, 0.5) is 0 Å². The van der Waals surface area contributed by atoms with E-state index in [0.29, 0.717) is 11.5 Å². The maximum atomic E-state index is 11.1. The van der Waals surface area contributed by atoms with Crippen molar-refractivity contribution in [3.63, 3.8) is 0 Å². The molecule has 0 fully saturated rings. The fraction of sp³-hybridized carbons (Fsp3) is 0.375. The summed E-state index contributed by atoms with van der Waals surface area (Å²) in [5.74, 6) is -0.446. The quantitative estimate of drug-likeness (QED) is 0.564. The van der Waals surface area contributed by atoms with Crippen LogP contribution in [0.1, 0.15) is 13.8 Å². The second-order valence-electron chi connectivity index (χ2n) is 2.77. The highest BCUT2D eigenvalue weighted by Gasteiger charge is 2.44. The first-order valence-corrected chi connectivity index (χ1v) is 3.78. The number of carbonyl (C=O) groups excluding carboxylic acids is 1. The van der Waals surface area contributed by atoms with Crippen LogP contribution in [0.2, 0.25) is 0 Å². The molecule has 2 aliphatic heterocycles. The maximum Gasteiger partial charge on any atom is 0.379 e. The lowest BCUT2D eigenvalue weighted by Crippen LogP contribution is -2.12. The van der Waals surface area contributed by atoms with E-state index in [0.717, 1.165) is 0 Å². The highest BCUT2D eigenvalue weighted by Crippen LogP contribution is 2.42. The van der Waals surface area contributed by atoms with Crippen molar-refractivity contribution in [2.24, 2.45) is 0 Å². The van der Waals surface area contributed by atoms with Gasteiger partial charge in [0.1, 0.15) is 0 Å². The largest absolute Gasteiger partial charge is 0.448 e. The van der Waals surface area contributed by atoms with Crippen molar-refractivity contribution >= 4 is 5.97 Å². The molecule has 0 spiro atoms. The summed E-state index contributed by atoms with van der Waals surface area (Å²) in [6.07, 6.45) is -0.373. The summed E-state index contributed by atoms with van der Waals surface area (Å²) in [4.78, 5) is 10.6. The first-order valence-electron chi connectivity index (χ1n) is 3.78. The molecule has 0 saturated heterocycles. The normalized spacial score (nSPS) is 24.6. The molecule has 69 valence electrons. The SMILES string of the molecule is CC(=O)OC1=C([O])OC(C)C2=C1O2. The van der Waals surface area contributed by atoms with Crippen LogP contribution in [0.15, 0.2) is 23.2 Å². The molecule has 13 heavy (non-hydrogen) atoms. The molecular weight excluding hydrogens is 176 g/mol. The Hall–Kier alpha value is -1.65. The molecule has 2 heterocycles. The zero-order valence-electron chi connectivity index (χ0n) is 7.12. The van der Waals surface area contributed by atoms with Crippen LogP contribution in [0, 0.1) is 0 Å². The van der Waals surface area contributed by atoms with Crippen LogP contribution in [0.25, 0.3) is 0 Å². The number of esters is 1. The van der Waals surface area contributed by atoms with Gasteiger partial charge in [-0.2, -0.15) is 0 Å². The van der Waals surface area contributed by atoms with Gasteiger partial charge in [-0.3, -0.25) is 4.79 Å². The van der Waals surface area contributed by atoms with Gasteiger partial charge in [-0.05, 0) is 6.92 Å². The standard InChI is InChI=1S/C8H7O5/c1-3-5-6(13-5)7(8(10)11-3)12-4(2)9/h3H,1-2H3. The van der Waals surface area contributed by atoms with Gasteiger partial charge < -0.3 is 14.2 Å². The highest BCUT2D eigenvalue weighted by molar-refractivity contribution is 5.68. The van der Waals surface area contributed by atoms with Gasteiger partial charge in [-0.1, -0.05) is 0 Å². The third-order valence-corrected chi connectivity index (χ3v) is 1.68. The second-order valence-corrected chi connectivity index (χ2v) is 2.77. The summed E-state index contributed by atoms with van der Waals surface area (Å²) in [7, 11) is 0. The van der Waals surface area contributed by atoms with Crippen LogP contribution in [-0.4, -0.2) is 12.1 Å². The van der Waals surface area contributed by atoms with Gasteiger partial charge in [0.25, 0.3) is 5.76 Å². The molecule has 2 rings (SSSR count). The Balaban J connectivity index is 2.23. The third-order valence-electron chi connectivity index (χ3n) is 1.68. The summed E-state index contributed by atoms with van der Waals surface area (Å²) in [5, 5.41) is 11.1. The number of hydrogen-bond donors (Lipinski definition) is 0. The van der Waals surface area contributed by atoms with Crippen molar-refractivity contribution in [2.45, 2.75) is 20.0 Å². The van der Waals surface area contributed by atoms with Crippen molar-refractivity contribution in [1.82, 2.24) is 0 Å². The van der Waals surface area contributed by atoms with Crippen LogP contribution in [0.5, 0.6) is 0 Å². The smallest absolute Gasteiger partial charge is 0.379 e. The molecule has 2 aliphatic rings. The Bertz CT molecular complexity index is 338. The van der Waals surface area contributed by atoms with Gasteiger partial charge in [0.15, 0.2) is 11.9 Å². The molecular formula is C8H7O5. The Morgan fingerprint density at radius 2 is 2.23 bits per heavy atom. The molecule has 0 aromatic rings. The molecule has 0 saturated carbocycles. The van der Waals surface area contributed by atoms with E-state index >= 15 is 0 Å². The van der Waals surface area contributed by atoms with E-state index in [4.69, 9.17) is 9.47 Å². The van der Waals surface area contributed by atoms with E-state index in [-0.39, 0.29) is 11.9 Å². The zero-order valence-corrected chi connectivity index (χ0v) is 7.12. The summed E-state index contributed by atoms with van der Waals surface area (Å²) >= 11 is 0. The summed E-state index contributed by atoms with van der Waals surface area (Å²) in [6, 6.07) is 0. The summed E-state index contributed by atoms with van der Waals surface area (Å²) in [5.41, 5.74) is 0. The average molecular weight is 183 g/mol. The third kappa shape index (κ3) is 1.22. The average Bonchev–Trinajstić information content (AvgIpc) is 2.76. The molecule has 0 aromatic heterocycles. The molecule has 1 atom stereocenters. The second kappa shape index (κ2) is 2.42. The lowest BCUT2D eigenvalue weighted by atomic mass is 10.3. The van der Waals surface area contributed by atoms with Gasteiger partial charge in [0.05, 0.1) is 0 Å². The number of rotatable bonds is 1. The van der Waals surface area contributed by atoms with Crippen molar-refractivity contribution in [3.8, 4) is 0 Å². The molecule has 0 N–H and O–H groups in total. The lowest BCUT2D eigenvalue weighted by molar-refractivity contribution is -0.138. The van der Waals surface area contributed by atoms with Crippen molar-refractivity contribution < 1.29 is 24.1 Å². The molecule has 5 heteroatoms. The van der Waals surface area contributed by atoms with Gasteiger partial charge in [0, 0.05) is 6.92 Å². The predicted octanol–water partition coefficient (Wildman–Crippen LogP) is 0.810. The van der Waals surface area contributed by atoms with E-state index in [1.807, 2.05) is 0 Å². The number of hydrogen-bond acceptors (Lipinski definition) is 4. The van der Waals surface area contributed by atoms with Gasteiger partial charge in [0.2, 0.25) is 5.76 Å². The summed E-state index contributed by atoms with van der Waals surface area (Å²) in [6.45, 7) is 2.89. The van der Waals surface area contributed by atoms with Crippen molar-refractivity contribution in [1.29, 1.82) is 0 Å². The minimum atomic E-state index is -0.654. The van der Waals surface area contributed by atoms with E-state index in [1.54, 1.807) is 6.92 Å². The Kier molecular flexibility index (Phi) is 1.48. The lowest BCUT2D eigenvalue weighted by Gasteiger charge is -2.09. The molecule has 0 aromatic carbocycles. The van der Waals surface area contributed by atoms with E-state index in [2.05, 4.69) is 4.74 Å². The van der Waals surface area contributed by atoms with E-state index in [1.165, 1.54) is 6.92 Å². The molecule has 1 unspecified atom stereocenters. The predicted molar refractivity (Wildman–Crippen MR) is 38.1 cm³/mol. The van der Waals surface area contributed by atoms with Crippen LogP contribution in [-0.2, 0) is 24.1 Å². The minimum absolute atomic E-state index is 0.138. The molecule has 5 nitrogen and oxygen atoms in total. The fourth-order valence-corrected chi connectivity index (χ4v) is 1.10. The minimum Gasteiger partial charge on any atom is -0.448 e. The molecule has 1 radical (unpaired) electrons. The fourth-order valence-electron chi connectivity index (χ4n) is 1.10. The van der Waals surface area contributed by atoms with Crippen LogP contribution < -0.4 is 0 Å². The van der Waals surface area contributed by atoms with E-state index in [9.17, 15) is 9.90 Å². The number of carbonyl (C=O) groups is 1. The van der Waals surface area contributed by atoms with Gasteiger partial charge >= 0.3 is 11.9 Å². The number of ether oxygens (including phenoxy) is 3. The van der Waals surface area contributed by atoms with Crippen LogP contribution in [0.3, 0.4) is 0 Å². The first kappa shape index (κ1) is 7.97. The maximum absolute atomic E-state index is 11.1. The highest BCUT2D eigenvalue weighted by atomic mass is 16.7.